The minimum absolute atomic E-state index is 0.0117. The Morgan fingerprint density at radius 2 is 2.20 bits per heavy atom. The highest BCUT2D eigenvalue weighted by Crippen LogP contribution is 2.15. The van der Waals surface area contributed by atoms with Gasteiger partial charge in [-0.25, -0.2) is 4.79 Å². The van der Waals surface area contributed by atoms with Crippen molar-refractivity contribution >= 4 is 6.09 Å². The van der Waals surface area contributed by atoms with Crippen LogP contribution in [0.3, 0.4) is 0 Å². The second-order valence-electron chi connectivity index (χ2n) is 5.24. The van der Waals surface area contributed by atoms with E-state index in [0.717, 1.165) is 19.5 Å². The zero-order valence-electron chi connectivity index (χ0n) is 10.1. The molecule has 2 N–H and O–H groups in total. The third kappa shape index (κ3) is 4.51. The lowest BCUT2D eigenvalue weighted by Gasteiger charge is -2.24. The Kier molecular flexibility index (Phi) is 3.97. The molecule has 88 valence electrons. The fourth-order valence-electron chi connectivity index (χ4n) is 1.68. The van der Waals surface area contributed by atoms with E-state index in [1.165, 1.54) is 0 Å². The van der Waals surface area contributed by atoms with Gasteiger partial charge in [-0.05, 0) is 40.7 Å². The van der Waals surface area contributed by atoms with Crippen LogP contribution in [-0.2, 0) is 4.74 Å². The van der Waals surface area contributed by atoms with Crippen LogP contribution in [-0.4, -0.2) is 30.8 Å². The smallest absolute Gasteiger partial charge is 0.407 e. The SMILES string of the molecule is CC(OC(=O)NC(C)(C)C)C1CCNC1. The van der Waals surface area contributed by atoms with Crippen molar-refractivity contribution in [3.05, 3.63) is 0 Å². The first-order valence-corrected chi connectivity index (χ1v) is 5.58. The maximum atomic E-state index is 11.5. The summed E-state index contributed by atoms with van der Waals surface area (Å²) in [6, 6.07) is 0. The number of alkyl carbamates (subject to hydrolysis) is 1. The number of carbonyl (C=O) groups excluding carboxylic acids is 1. The molecule has 15 heavy (non-hydrogen) atoms. The first kappa shape index (κ1) is 12.3. The fraction of sp³-hybridized carbons (Fsp3) is 0.909. The normalized spacial score (nSPS) is 23.6. The summed E-state index contributed by atoms with van der Waals surface area (Å²) in [5.41, 5.74) is -0.231. The summed E-state index contributed by atoms with van der Waals surface area (Å²) in [7, 11) is 0. The van der Waals surface area contributed by atoms with Crippen LogP contribution < -0.4 is 10.6 Å². The molecule has 1 saturated heterocycles. The Morgan fingerprint density at radius 3 is 2.67 bits per heavy atom. The van der Waals surface area contributed by atoms with Gasteiger partial charge in [-0.2, -0.15) is 0 Å². The van der Waals surface area contributed by atoms with Crippen molar-refractivity contribution in [1.29, 1.82) is 0 Å². The molecule has 1 amide bonds. The van der Waals surface area contributed by atoms with Gasteiger partial charge in [0, 0.05) is 18.0 Å². The van der Waals surface area contributed by atoms with Crippen molar-refractivity contribution in [2.45, 2.75) is 45.8 Å². The molecular formula is C11H22N2O2. The summed E-state index contributed by atoms with van der Waals surface area (Å²) in [6.07, 6.45) is 0.758. The largest absolute Gasteiger partial charge is 0.446 e. The third-order valence-corrected chi connectivity index (χ3v) is 2.53. The summed E-state index contributed by atoms with van der Waals surface area (Å²) in [6.45, 7) is 9.76. The van der Waals surface area contributed by atoms with Crippen LogP contribution in [0.1, 0.15) is 34.1 Å². The topological polar surface area (TPSA) is 50.4 Å². The van der Waals surface area contributed by atoms with Crippen LogP contribution >= 0.6 is 0 Å². The van der Waals surface area contributed by atoms with Gasteiger partial charge in [0.05, 0.1) is 0 Å². The minimum Gasteiger partial charge on any atom is -0.446 e. The standard InChI is InChI=1S/C11H22N2O2/c1-8(9-5-6-12-7-9)15-10(14)13-11(2,3)4/h8-9,12H,5-7H2,1-4H3,(H,13,14). The van der Waals surface area contributed by atoms with E-state index < -0.39 is 0 Å². The second-order valence-corrected chi connectivity index (χ2v) is 5.24. The van der Waals surface area contributed by atoms with Crippen molar-refractivity contribution < 1.29 is 9.53 Å². The van der Waals surface area contributed by atoms with Crippen molar-refractivity contribution in [3.63, 3.8) is 0 Å². The quantitative estimate of drug-likeness (QED) is 0.732. The molecule has 2 unspecified atom stereocenters. The Bertz CT molecular complexity index is 217. The molecule has 1 fully saturated rings. The van der Waals surface area contributed by atoms with E-state index in [9.17, 15) is 4.79 Å². The van der Waals surface area contributed by atoms with Crippen molar-refractivity contribution in [2.75, 3.05) is 13.1 Å². The van der Waals surface area contributed by atoms with Gasteiger partial charge in [0.1, 0.15) is 6.10 Å². The van der Waals surface area contributed by atoms with Crippen LogP contribution in [0.25, 0.3) is 0 Å². The van der Waals surface area contributed by atoms with Gasteiger partial charge in [0.15, 0.2) is 0 Å². The highest BCUT2D eigenvalue weighted by atomic mass is 16.6. The molecule has 0 aromatic heterocycles. The molecule has 0 aromatic rings. The van der Waals surface area contributed by atoms with Crippen LogP contribution in [0.5, 0.6) is 0 Å². The molecule has 1 aliphatic rings. The Hall–Kier alpha value is -0.770. The summed E-state index contributed by atoms with van der Waals surface area (Å²) in [5.74, 6) is 0.454. The number of carbonyl (C=O) groups is 1. The van der Waals surface area contributed by atoms with Crippen LogP contribution in [0.4, 0.5) is 4.79 Å². The van der Waals surface area contributed by atoms with Gasteiger partial charge in [-0.15, -0.1) is 0 Å². The molecule has 0 saturated carbocycles. The molecule has 0 bridgehead atoms. The predicted octanol–water partition coefficient (Wildman–Crippen LogP) is 1.51. The minimum atomic E-state index is -0.318. The second kappa shape index (κ2) is 4.84. The van der Waals surface area contributed by atoms with E-state index in [0.29, 0.717) is 5.92 Å². The lowest BCUT2D eigenvalue weighted by molar-refractivity contribution is 0.0725. The van der Waals surface area contributed by atoms with Crippen LogP contribution in [0.2, 0.25) is 0 Å². The van der Waals surface area contributed by atoms with E-state index in [4.69, 9.17) is 4.74 Å². The predicted molar refractivity (Wildman–Crippen MR) is 59.8 cm³/mol. The summed E-state index contributed by atoms with van der Waals surface area (Å²) >= 11 is 0. The molecule has 1 aliphatic heterocycles. The van der Waals surface area contributed by atoms with Gasteiger partial charge < -0.3 is 15.4 Å². The molecule has 0 spiro atoms. The molecule has 0 radical (unpaired) electrons. The number of hydrogen-bond donors (Lipinski definition) is 2. The average molecular weight is 214 g/mol. The number of hydrogen-bond acceptors (Lipinski definition) is 3. The van der Waals surface area contributed by atoms with Gasteiger partial charge >= 0.3 is 6.09 Å². The molecule has 4 nitrogen and oxygen atoms in total. The first-order valence-electron chi connectivity index (χ1n) is 5.58. The lowest BCUT2D eigenvalue weighted by Crippen LogP contribution is -2.43. The number of nitrogens with one attached hydrogen (secondary N) is 2. The maximum Gasteiger partial charge on any atom is 0.407 e. The number of amides is 1. The lowest BCUT2D eigenvalue weighted by atomic mass is 10.0. The van der Waals surface area contributed by atoms with E-state index in [1.54, 1.807) is 0 Å². The number of rotatable bonds is 2. The van der Waals surface area contributed by atoms with Crippen molar-refractivity contribution in [2.24, 2.45) is 5.92 Å². The van der Waals surface area contributed by atoms with Crippen LogP contribution in [0.15, 0.2) is 0 Å². The maximum absolute atomic E-state index is 11.5. The number of ether oxygens (including phenoxy) is 1. The first-order chi connectivity index (χ1) is 6.88. The molecule has 1 heterocycles. The zero-order valence-corrected chi connectivity index (χ0v) is 10.1. The Labute approximate surface area is 91.8 Å². The van der Waals surface area contributed by atoms with Crippen molar-refractivity contribution in [1.82, 2.24) is 10.6 Å². The monoisotopic (exact) mass is 214 g/mol. The van der Waals surface area contributed by atoms with Crippen molar-refractivity contribution in [3.8, 4) is 0 Å². The third-order valence-electron chi connectivity index (χ3n) is 2.53. The van der Waals surface area contributed by atoms with Gasteiger partial charge in [0.2, 0.25) is 0 Å². The fourth-order valence-corrected chi connectivity index (χ4v) is 1.68. The Balaban J connectivity index is 2.30. The molecular weight excluding hydrogens is 192 g/mol. The summed E-state index contributed by atoms with van der Waals surface area (Å²) in [4.78, 5) is 11.5. The highest BCUT2D eigenvalue weighted by molar-refractivity contribution is 5.68. The van der Waals surface area contributed by atoms with Gasteiger partial charge in [0.25, 0.3) is 0 Å². The summed E-state index contributed by atoms with van der Waals surface area (Å²) < 4.78 is 5.32. The van der Waals surface area contributed by atoms with Gasteiger partial charge in [-0.1, -0.05) is 0 Å². The van der Waals surface area contributed by atoms with Crippen LogP contribution in [0, 0.1) is 5.92 Å². The highest BCUT2D eigenvalue weighted by Gasteiger charge is 2.25. The van der Waals surface area contributed by atoms with Gasteiger partial charge in [-0.3, -0.25) is 0 Å². The molecule has 2 atom stereocenters. The molecule has 4 heteroatoms. The Morgan fingerprint density at radius 1 is 1.53 bits per heavy atom. The summed E-state index contributed by atoms with van der Waals surface area (Å²) in [5, 5.41) is 6.05. The van der Waals surface area contributed by atoms with E-state index >= 15 is 0 Å². The zero-order chi connectivity index (χ0) is 11.5. The van der Waals surface area contributed by atoms with E-state index in [2.05, 4.69) is 10.6 Å². The van der Waals surface area contributed by atoms with E-state index in [1.807, 2.05) is 27.7 Å². The molecule has 1 rings (SSSR count). The molecule has 0 aliphatic carbocycles. The molecule has 0 aromatic carbocycles. The average Bonchev–Trinajstić information content (AvgIpc) is 2.50. The van der Waals surface area contributed by atoms with E-state index in [-0.39, 0.29) is 17.7 Å².